The van der Waals surface area contributed by atoms with Crippen molar-refractivity contribution >= 4 is 33.3 Å². The molecule has 2 atom stereocenters. The van der Waals surface area contributed by atoms with Gasteiger partial charge < -0.3 is 0 Å². The van der Waals surface area contributed by atoms with Gasteiger partial charge in [0.15, 0.2) is 0 Å². The molecule has 0 spiro atoms. The SMILES string of the molecule is CC(OS(C)(=O)=O)C1C(C)(C)C1(Cl)Cl. The predicted octanol–water partition coefficient (Wildman–Crippen LogP) is 2.18. The summed E-state index contributed by atoms with van der Waals surface area (Å²) in [7, 11) is -3.45. The van der Waals surface area contributed by atoms with E-state index in [9.17, 15) is 8.42 Å². The van der Waals surface area contributed by atoms with Gasteiger partial charge in [-0.05, 0) is 6.92 Å². The van der Waals surface area contributed by atoms with Gasteiger partial charge in [-0.15, -0.1) is 23.2 Å². The zero-order chi connectivity index (χ0) is 11.4. The van der Waals surface area contributed by atoms with Crippen LogP contribution in [0.4, 0.5) is 0 Å². The summed E-state index contributed by atoms with van der Waals surface area (Å²) in [6, 6.07) is 0. The molecule has 0 aromatic heterocycles. The number of alkyl halides is 2. The first-order valence-electron chi connectivity index (χ1n) is 4.26. The van der Waals surface area contributed by atoms with Gasteiger partial charge in [0.05, 0.1) is 12.4 Å². The summed E-state index contributed by atoms with van der Waals surface area (Å²) < 4.78 is 25.7. The second kappa shape index (κ2) is 3.24. The van der Waals surface area contributed by atoms with Crippen LogP contribution in [0.1, 0.15) is 20.8 Å². The van der Waals surface area contributed by atoms with Crippen LogP contribution in [0.2, 0.25) is 0 Å². The predicted molar refractivity (Wildman–Crippen MR) is 57.1 cm³/mol. The molecule has 14 heavy (non-hydrogen) atoms. The average Bonchev–Trinajstić information content (AvgIpc) is 2.17. The van der Waals surface area contributed by atoms with E-state index in [0.29, 0.717) is 0 Å². The van der Waals surface area contributed by atoms with Gasteiger partial charge in [-0.3, -0.25) is 4.18 Å². The fraction of sp³-hybridized carbons (Fsp3) is 1.00. The van der Waals surface area contributed by atoms with Crippen molar-refractivity contribution in [1.29, 1.82) is 0 Å². The average molecular weight is 261 g/mol. The molecule has 6 heteroatoms. The highest BCUT2D eigenvalue weighted by molar-refractivity contribution is 7.86. The maximum atomic E-state index is 10.9. The standard InChI is InChI=1S/C8H14Cl2O3S/c1-5(13-14(4,11)12)6-7(2,3)8(6,9)10/h5-6H,1-4H3. The van der Waals surface area contributed by atoms with Crippen molar-refractivity contribution in [3.05, 3.63) is 0 Å². The number of rotatable bonds is 3. The van der Waals surface area contributed by atoms with E-state index < -0.39 is 20.6 Å². The molecular formula is C8H14Cl2O3S. The van der Waals surface area contributed by atoms with Crippen LogP contribution in [0.5, 0.6) is 0 Å². The summed E-state index contributed by atoms with van der Waals surface area (Å²) in [6.07, 6.45) is 0.526. The van der Waals surface area contributed by atoms with E-state index in [-0.39, 0.29) is 11.3 Å². The molecule has 0 aromatic carbocycles. The molecule has 0 radical (unpaired) electrons. The Morgan fingerprint density at radius 3 is 1.93 bits per heavy atom. The molecule has 1 fully saturated rings. The summed E-state index contributed by atoms with van der Waals surface area (Å²) in [6.45, 7) is 5.44. The number of halogens is 2. The Morgan fingerprint density at radius 2 is 1.71 bits per heavy atom. The zero-order valence-corrected chi connectivity index (χ0v) is 10.9. The molecule has 0 heterocycles. The highest BCUT2D eigenvalue weighted by Gasteiger charge is 2.72. The number of hydrogen-bond donors (Lipinski definition) is 0. The lowest BCUT2D eigenvalue weighted by Gasteiger charge is -2.11. The first-order chi connectivity index (χ1) is 6.00. The molecule has 1 saturated carbocycles. The van der Waals surface area contributed by atoms with Gasteiger partial charge in [0.25, 0.3) is 10.1 Å². The molecule has 1 aliphatic carbocycles. The third-order valence-electron chi connectivity index (χ3n) is 2.74. The monoisotopic (exact) mass is 260 g/mol. The lowest BCUT2D eigenvalue weighted by atomic mass is 10.1. The summed E-state index contributed by atoms with van der Waals surface area (Å²) in [4.78, 5) is 0. The van der Waals surface area contributed by atoms with E-state index in [4.69, 9.17) is 27.4 Å². The minimum Gasteiger partial charge on any atom is -0.267 e. The van der Waals surface area contributed by atoms with E-state index in [1.807, 2.05) is 13.8 Å². The van der Waals surface area contributed by atoms with E-state index in [0.717, 1.165) is 6.26 Å². The Labute approximate surface area is 94.8 Å². The van der Waals surface area contributed by atoms with Crippen LogP contribution >= 0.6 is 23.2 Å². The Hall–Kier alpha value is 0.490. The molecule has 1 rings (SSSR count). The second-order valence-corrected chi connectivity index (χ2v) is 7.31. The van der Waals surface area contributed by atoms with Gasteiger partial charge in [0, 0.05) is 11.3 Å². The quantitative estimate of drug-likeness (QED) is 0.577. The maximum Gasteiger partial charge on any atom is 0.264 e. The second-order valence-electron chi connectivity index (χ2n) is 4.33. The van der Waals surface area contributed by atoms with Crippen LogP contribution < -0.4 is 0 Å². The normalized spacial score (nSPS) is 31.1. The van der Waals surface area contributed by atoms with E-state index in [1.165, 1.54) is 0 Å². The van der Waals surface area contributed by atoms with Gasteiger partial charge >= 0.3 is 0 Å². The van der Waals surface area contributed by atoms with Crippen LogP contribution in [0, 0.1) is 11.3 Å². The Kier molecular flexibility index (Phi) is 2.91. The van der Waals surface area contributed by atoms with E-state index in [2.05, 4.69) is 0 Å². The summed E-state index contributed by atoms with van der Waals surface area (Å²) in [5.41, 5.74) is -0.305. The van der Waals surface area contributed by atoms with Gasteiger partial charge in [0.1, 0.15) is 4.33 Å². The lowest BCUT2D eigenvalue weighted by molar-refractivity contribution is 0.190. The Balaban J connectivity index is 2.72. The van der Waals surface area contributed by atoms with E-state index >= 15 is 0 Å². The molecule has 2 unspecified atom stereocenters. The molecule has 0 amide bonds. The lowest BCUT2D eigenvalue weighted by Crippen LogP contribution is -2.19. The van der Waals surface area contributed by atoms with Crippen molar-refractivity contribution in [3.8, 4) is 0 Å². The first kappa shape index (κ1) is 12.6. The van der Waals surface area contributed by atoms with Gasteiger partial charge in [-0.2, -0.15) is 8.42 Å². The summed E-state index contributed by atoms with van der Waals surface area (Å²) in [5.74, 6) is -0.159. The molecule has 0 N–H and O–H groups in total. The minimum atomic E-state index is -3.45. The minimum absolute atomic E-state index is 0.159. The van der Waals surface area contributed by atoms with Crippen molar-refractivity contribution in [2.75, 3.05) is 6.26 Å². The molecule has 3 nitrogen and oxygen atoms in total. The molecule has 84 valence electrons. The third kappa shape index (κ3) is 2.03. The van der Waals surface area contributed by atoms with Crippen molar-refractivity contribution in [3.63, 3.8) is 0 Å². The first-order valence-corrected chi connectivity index (χ1v) is 6.83. The fourth-order valence-corrected chi connectivity index (χ4v) is 3.60. The Morgan fingerprint density at radius 1 is 1.36 bits per heavy atom. The molecule has 1 aliphatic rings. The number of hydrogen-bond acceptors (Lipinski definition) is 3. The van der Waals surface area contributed by atoms with Gasteiger partial charge in [0.2, 0.25) is 0 Å². The van der Waals surface area contributed by atoms with Crippen LogP contribution in [-0.4, -0.2) is 25.1 Å². The smallest absolute Gasteiger partial charge is 0.264 e. The molecule has 0 aliphatic heterocycles. The summed E-state index contributed by atoms with van der Waals surface area (Å²) >= 11 is 12.0. The van der Waals surface area contributed by atoms with Crippen molar-refractivity contribution in [1.82, 2.24) is 0 Å². The highest BCUT2D eigenvalue weighted by atomic mass is 35.5. The largest absolute Gasteiger partial charge is 0.267 e. The molecular weight excluding hydrogens is 247 g/mol. The third-order valence-corrected chi connectivity index (χ3v) is 4.84. The van der Waals surface area contributed by atoms with Crippen LogP contribution in [0.15, 0.2) is 0 Å². The zero-order valence-electron chi connectivity index (χ0n) is 8.54. The van der Waals surface area contributed by atoms with Crippen LogP contribution in [0.3, 0.4) is 0 Å². The molecule has 0 bridgehead atoms. The van der Waals surface area contributed by atoms with E-state index in [1.54, 1.807) is 6.92 Å². The van der Waals surface area contributed by atoms with Crippen LogP contribution in [0.25, 0.3) is 0 Å². The van der Waals surface area contributed by atoms with Gasteiger partial charge in [-0.25, -0.2) is 0 Å². The summed E-state index contributed by atoms with van der Waals surface area (Å²) in [5, 5.41) is 0. The van der Waals surface area contributed by atoms with Crippen LogP contribution in [-0.2, 0) is 14.3 Å². The van der Waals surface area contributed by atoms with Crippen molar-refractivity contribution in [2.24, 2.45) is 11.3 Å². The van der Waals surface area contributed by atoms with Crippen molar-refractivity contribution in [2.45, 2.75) is 31.2 Å². The molecule has 0 saturated heterocycles. The highest BCUT2D eigenvalue weighted by Crippen LogP contribution is 2.70. The van der Waals surface area contributed by atoms with Crippen molar-refractivity contribution < 1.29 is 12.6 Å². The molecule has 0 aromatic rings. The topological polar surface area (TPSA) is 43.4 Å². The fourth-order valence-electron chi connectivity index (χ4n) is 1.91. The Bertz CT molecular complexity index is 320. The maximum absolute atomic E-state index is 10.9. The van der Waals surface area contributed by atoms with Gasteiger partial charge in [-0.1, -0.05) is 13.8 Å².